The van der Waals surface area contributed by atoms with Crippen molar-refractivity contribution in [2.75, 3.05) is 11.9 Å². The third kappa shape index (κ3) is 4.60. The number of carbonyl (C=O) groups is 1. The Morgan fingerprint density at radius 1 is 1.30 bits per heavy atom. The first-order valence-electron chi connectivity index (χ1n) is 8.49. The number of aromatic hydroxyl groups is 1. The maximum atomic E-state index is 13.3. The lowest BCUT2D eigenvalue weighted by Crippen LogP contribution is -2.34. The van der Waals surface area contributed by atoms with E-state index in [1.165, 1.54) is 24.3 Å². The van der Waals surface area contributed by atoms with E-state index in [0.717, 1.165) is 0 Å². The molecule has 0 atom stereocenters. The van der Waals surface area contributed by atoms with Gasteiger partial charge in [-0.25, -0.2) is 4.39 Å². The van der Waals surface area contributed by atoms with Crippen molar-refractivity contribution in [3.05, 3.63) is 53.8 Å². The topological polar surface area (TPSA) is 102 Å². The molecule has 7 nitrogen and oxygen atoms in total. The normalized spacial score (nSPS) is 11.8. The first-order valence-corrected chi connectivity index (χ1v) is 8.49. The lowest BCUT2D eigenvalue weighted by Gasteiger charge is -2.12. The smallest absolute Gasteiger partial charge is 0.280 e. The Bertz CT molecular complexity index is 997. The number of hydrogen-bond acceptors (Lipinski definition) is 3. The molecule has 0 aliphatic heterocycles. The largest absolute Gasteiger partial charge is 0.508 e. The highest BCUT2D eigenvalue weighted by molar-refractivity contribution is 6.08. The predicted molar refractivity (Wildman–Crippen MR) is 102 cm³/mol. The molecular formula is C19H20FN5O2. The summed E-state index contributed by atoms with van der Waals surface area (Å²) in [6.45, 7) is 4.62. The Hall–Kier alpha value is -3.42. The van der Waals surface area contributed by atoms with Crippen molar-refractivity contribution < 1.29 is 14.3 Å². The molecule has 2 aromatic carbocycles. The summed E-state index contributed by atoms with van der Waals surface area (Å²) in [5.74, 6) is 0.0523. The average Bonchev–Trinajstić information content (AvgIpc) is 3.01. The fraction of sp³-hybridized carbons (Fsp3) is 0.211. The van der Waals surface area contributed by atoms with Crippen molar-refractivity contribution in [2.45, 2.75) is 13.8 Å². The molecule has 3 rings (SSSR count). The molecule has 0 radical (unpaired) electrons. The average molecular weight is 369 g/mol. The van der Waals surface area contributed by atoms with Crippen LogP contribution in [-0.2, 0) is 0 Å². The Labute approximate surface area is 155 Å². The summed E-state index contributed by atoms with van der Waals surface area (Å²) in [5.41, 5.74) is 0.787. The fourth-order valence-corrected chi connectivity index (χ4v) is 2.42. The number of phenolic OH excluding ortho intramolecular Hbond substituents is 1. The molecular weight excluding hydrogens is 349 g/mol. The highest BCUT2D eigenvalue weighted by Gasteiger charge is 2.12. The van der Waals surface area contributed by atoms with Gasteiger partial charge in [-0.05, 0) is 42.3 Å². The molecule has 1 heterocycles. The van der Waals surface area contributed by atoms with Crippen LogP contribution in [0.1, 0.15) is 24.2 Å². The summed E-state index contributed by atoms with van der Waals surface area (Å²) in [5, 5.41) is 23.1. The number of nitrogens with one attached hydrogen (secondary N) is 3. The maximum Gasteiger partial charge on any atom is 0.280 e. The number of aromatic amines is 1. The van der Waals surface area contributed by atoms with E-state index in [9.17, 15) is 14.3 Å². The van der Waals surface area contributed by atoms with Crippen molar-refractivity contribution >= 4 is 28.6 Å². The Morgan fingerprint density at radius 2 is 2.11 bits per heavy atom. The number of aliphatic imine (C=N–C) groups is 1. The summed E-state index contributed by atoms with van der Waals surface area (Å²) in [6, 6.07) is 10.2. The van der Waals surface area contributed by atoms with E-state index in [2.05, 4.69) is 25.8 Å². The third-order valence-corrected chi connectivity index (χ3v) is 3.75. The number of anilines is 1. The van der Waals surface area contributed by atoms with Crippen molar-refractivity contribution in [3.8, 4) is 5.75 Å². The quantitative estimate of drug-likeness (QED) is 0.418. The zero-order valence-electron chi connectivity index (χ0n) is 15.0. The van der Waals surface area contributed by atoms with E-state index >= 15 is 0 Å². The number of aromatic nitrogens is 2. The summed E-state index contributed by atoms with van der Waals surface area (Å²) >= 11 is 0. The molecule has 8 heteroatoms. The molecule has 0 aliphatic rings. The van der Waals surface area contributed by atoms with Gasteiger partial charge >= 0.3 is 0 Å². The van der Waals surface area contributed by atoms with Crippen molar-refractivity contribution in [1.82, 2.24) is 15.5 Å². The van der Waals surface area contributed by atoms with Gasteiger partial charge in [0.1, 0.15) is 11.6 Å². The minimum absolute atomic E-state index is 0.0129. The van der Waals surface area contributed by atoms with E-state index < -0.39 is 5.91 Å². The van der Waals surface area contributed by atoms with E-state index in [1.54, 1.807) is 18.2 Å². The molecule has 4 N–H and O–H groups in total. The summed E-state index contributed by atoms with van der Waals surface area (Å²) in [7, 11) is 0. The molecule has 0 saturated heterocycles. The Kier molecular flexibility index (Phi) is 5.35. The zero-order valence-corrected chi connectivity index (χ0v) is 15.0. The highest BCUT2D eigenvalue weighted by Crippen LogP contribution is 2.21. The van der Waals surface area contributed by atoms with E-state index in [1.807, 2.05) is 13.8 Å². The molecule has 140 valence electrons. The zero-order chi connectivity index (χ0) is 19.4. The number of carbonyl (C=O) groups excluding carboxylic acids is 1. The highest BCUT2D eigenvalue weighted by atomic mass is 19.1. The van der Waals surface area contributed by atoms with Crippen molar-refractivity contribution in [1.29, 1.82) is 0 Å². The molecule has 27 heavy (non-hydrogen) atoms. The van der Waals surface area contributed by atoms with E-state index in [-0.39, 0.29) is 23.1 Å². The summed E-state index contributed by atoms with van der Waals surface area (Å²) in [6.07, 6.45) is 0. The number of hydrogen-bond donors (Lipinski definition) is 4. The second-order valence-electron chi connectivity index (χ2n) is 6.48. The van der Waals surface area contributed by atoms with E-state index in [4.69, 9.17) is 0 Å². The van der Waals surface area contributed by atoms with Gasteiger partial charge in [0, 0.05) is 17.5 Å². The van der Waals surface area contributed by atoms with Gasteiger partial charge in [0.15, 0.2) is 5.82 Å². The Balaban J connectivity index is 1.89. The monoisotopic (exact) mass is 369 g/mol. The van der Waals surface area contributed by atoms with Gasteiger partial charge in [0.25, 0.3) is 5.91 Å². The van der Waals surface area contributed by atoms with Gasteiger partial charge in [-0.3, -0.25) is 9.89 Å². The summed E-state index contributed by atoms with van der Waals surface area (Å²) < 4.78 is 13.3. The van der Waals surface area contributed by atoms with Crippen LogP contribution < -0.4 is 10.6 Å². The SMILES string of the molecule is CC(C)CN/C(=N/C(=O)c1cccc(O)c1)Nc1n[nH]c2cc(F)ccc12. The van der Waals surface area contributed by atoms with Gasteiger partial charge in [0.05, 0.1) is 5.52 Å². The number of benzene rings is 2. The third-order valence-electron chi connectivity index (χ3n) is 3.75. The van der Waals surface area contributed by atoms with Crippen LogP contribution in [0.2, 0.25) is 0 Å². The molecule has 1 amide bonds. The first kappa shape index (κ1) is 18.4. The lowest BCUT2D eigenvalue weighted by atomic mass is 10.2. The van der Waals surface area contributed by atoms with Crippen LogP contribution in [0.4, 0.5) is 10.2 Å². The van der Waals surface area contributed by atoms with Crippen LogP contribution >= 0.6 is 0 Å². The number of nitrogens with zero attached hydrogens (tertiary/aromatic N) is 2. The number of rotatable bonds is 4. The molecule has 0 saturated carbocycles. The molecule has 0 unspecified atom stereocenters. The van der Waals surface area contributed by atoms with Gasteiger partial charge in [-0.15, -0.1) is 0 Å². The minimum atomic E-state index is -0.518. The van der Waals surface area contributed by atoms with Crippen LogP contribution in [0.15, 0.2) is 47.5 Å². The second kappa shape index (κ2) is 7.86. The van der Waals surface area contributed by atoms with Crippen LogP contribution in [0.5, 0.6) is 5.75 Å². The van der Waals surface area contributed by atoms with Gasteiger partial charge in [-0.2, -0.15) is 10.1 Å². The number of H-pyrrole nitrogens is 1. The second-order valence-corrected chi connectivity index (χ2v) is 6.48. The fourth-order valence-electron chi connectivity index (χ4n) is 2.42. The number of guanidine groups is 1. The summed E-state index contributed by atoms with van der Waals surface area (Å²) in [4.78, 5) is 16.5. The molecule has 0 bridgehead atoms. The van der Waals surface area contributed by atoms with Gasteiger partial charge in [0.2, 0.25) is 5.96 Å². The molecule has 3 aromatic rings. The van der Waals surface area contributed by atoms with Crippen LogP contribution in [0, 0.1) is 11.7 Å². The maximum absolute atomic E-state index is 13.3. The number of fused-ring (bicyclic) bond motifs is 1. The number of amides is 1. The minimum Gasteiger partial charge on any atom is -0.508 e. The van der Waals surface area contributed by atoms with Crippen LogP contribution in [-0.4, -0.2) is 33.7 Å². The standard InChI is InChI=1S/C19H20FN5O2/c1-11(2)10-21-19(23-18(27)12-4-3-5-14(26)8-12)22-17-15-7-6-13(20)9-16(15)24-25-17/h3-9,11,26H,10H2,1-2H3,(H3,21,22,23,24,25,27). The molecule has 0 aliphatic carbocycles. The van der Waals surface area contributed by atoms with Crippen molar-refractivity contribution in [3.63, 3.8) is 0 Å². The molecule has 0 fully saturated rings. The number of halogens is 1. The lowest BCUT2D eigenvalue weighted by molar-refractivity contribution is 0.100. The number of phenols is 1. The molecule has 1 aromatic heterocycles. The molecule has 0 spiro atoms. The van der Waals surface area contributed by atoms with Gasteiger partial charge in [-0.1, -0.05) is 19.9 Å². The van der Waals surface area contributed by atoms with E-state index in [0.29, 0.717) is 29.2 Å². The van der Waals surface area contributed by atoms with Crippen LogP contribution in [0.3, 0.4) is 0 Å². The Morgan fingerprint density at radius 3 is 2.85 bits per heavy atom. The van der Waals surface area contributed by atoms with Crippen LogP contribution in [0.25, 0.3) is 10.9 Å². The predicted octanol–water partition coefficient (Wildman–Crippen LogP) is 3.26. The first-order chi connectivity index (χ1) is 12.9. The van der Waals surface area contributed by atoms with Crippen molar-refractivity contribution in [2.24, 2.45) is 10.9 Å². The van der Waals surface area contributed by atoms with Gasteiger partial charge < -0.3 is 15.7 Å².